The summed E-state index contributed by atoms with van der Waals surface area (Å²) in [6.45, 7) is 6.59. The number of amides is 1. The van der Waals surface area contributed by atoms with E-state index < -0.39 is 24.6 Å². The molecule has 160 valence electrons. The number of Topliss-reactive ketones (excluding diaryl/α,β-unsaturated/α-hetero) is 1. The van der Waals surface area contributed by atoms with Crippen molar-refractivity contribution in [3.63, 3.8) is 0 Å². The molecule has 0 aliphatic rings. The maximum atomic E-state index is 12.4. The van der Waals surface area contributed by atoms with Crippen LogP contribution in [0.15, 0.2) is 42.5 Å². The molecule has 7 nitrogen and oxygen atoms in total. The fourth-order valence-electron chi connectivity index (χ4n) is 2.78. The molecule has 1 amide bonds. The van der Waals surface area contributed by atoms with Crippen LogP contribution < -0.4 is 14.8 Å². The Hall–Kier alpha value is -3.35. The molecule has 0 fully saturated rings. The first-order valence-electron chi connectivity index (χ1n) is 9.64. The fraction of sp³-hybridized carbons (Fsp3) is 0.348. The summed E-state index contributed by atoms with van der Waals surface area (Å²) in [5.74, 6) is -0.392. The molecule has 7 heteroatoms. The summed E-state index contributed by atoms with van der Waals surface area (Å²) in [5, 5.41) is 2.80. The normalized spacial score (nSPS) is 11.5. The number of para-hydroxylation sites is 1. The van der Waals surface area contributed by atoms with Crippen LogP contribution >= 0.6 is 0 Å². The largest absolute Gasteiger partial charge is 0.493 e. The fourth-order valence-corrected chi connectivity index (χ4v) is 2.78. The van der Waals surface area contributed by atoms with Gasteiger partial charge in [-0.25, -0.2) is 4.79 Å². The number of esters is 1. The number of hydrogen-bond acceptors (Lipinski definition) is 6. The highest BCUT2D eigenvalue weighted by Gasteiger charge is 2.20. The maximum absolute atomic E-state index is 12.4. The van der Waals surface area contributed by atoms with Gasteiger partial charge in [0.05, 0.1) is 7.11 Å². The van der Waals surface area contributed by atoms with Crippen molar-refractivity contribution in [3.05, 3.63) is 53.6 Å². The molecule has 2 aromatic rings. The van der Waals surface area contributed by atoms with Gasteiger partial charge in [-0.3, -0.25) is 9.59 Å². The molecule has 2 aromatic carbocycles. The van der Waals surface area contributed by atoms with Gasteiger partial charge in [-0.1, -0.05) is 32.0 Å². The second-order valence-electron chi connectivity index (χ2n) is 7.07. The second kappa shape index (κ2) is 10.4. The first-order chi connectivity index (χ1) is 14.2. The Balaban J connectivity index is 1.93. The van der Waals surface area contributed by atoms with E-state index in [0.29, 0.717) is 22.7 Å². The number of rotatable bonds is 9. The summed E-state index contributed by atoms with van der Waals surface area (Å²) < 4.78 is 15.8. The summed E-state index contributed by atoms with van der Waals surface area (Å²) >= 11 is 0. The average Bonchev–Trinajstić information content (AvgIpc) is 2.72. The molecule has 0 radical (unpaired) electrons. The zero-order valence-electron chi connectivity index (χ0n) is 17.9. The number of nitrogens with one attached hydrogen (secondary N) is 1. The Labute approximate surface area is 176 Å². The van der Waals surface area contributed by atoms with Crippen LogP contribution in [0.25, 0.3) is 0 Å². The van der Waals surface area contributed by atoms with E-state index in [1.807, 2.05) is 38.1 Å². The third-order valence-corrected chi connectivity index (χ3v) is 4.43. The zero-order valence-corrected chi connectivity index (χ0v) is 17.9. The molecule has 2 rings (SSSR count). The van der Waals surface area contributed by atoms with Crippen LogP contribution in [0.3, 0.4) is 0 Å². The van der Waals surface area contributed by atoms with Gasteiger partial charge in [0.1, 0.15) is 0 Å². The predicted molar refractivity (Wildman–Crippen MR) is 113 cm³/mol. The topological polar surface area (TPSA) is 90.9 Å². The number of methoxy groups -OCH3 is 1. The van der Waals surface area contributed by atoms with Crippen molar-refractivity contribution in [1.29, 1.82) is 0 Å². The molecule has 0 spiro atoms. The standard InChI is InChI=1S/C23H27NO6/c1-14(2)18-8-6-7-9-19(18)24-23(27)16(4)30-22(26)13-29-20-11-10-17(15(3)25)12-21(20)28-5/h6-12,14,16H,13H2,1-5H3,(H,24,27)/t16-/m1/s1. The highest BCUT2D eigenvalue weighted by molar-refractivity contribution is 5.96. The van der Waals surface area contributed by atoms with Crippen LogP contribution in [-0.2, 0) is 14.3 Å². The highest BCUT2D eigenvalue weighted by atomic mass is 16.6. The number of anilines is 1. The molecule has 0 aromatic heterocycles. The van der Waals surface area contributed by atoms with Crippen molar-refractivity contribution in [1.82, 2.24) is 0 Å². The van der Waals surface area contributed by atoms with Gasteiger partial charge in [-0.05, 0) is 49.6 Å². The van der Waals surface area contributed by atoms with Gasteiger partial charge < -0.3 is 19.5 Å². The molecular formula is C23H27NO6. The van der Waals surface area contributed by atoms with Gasteiger partial charge in [0.15, 0.2) is 30.0 Å². The summed E-state index contributed by atoms with van der Waals surface area (Å²) in [4.78, 5) is 36.0. The lowest BCUT2D eigenvalue weighted by Crippen LogP contribution is -2.32. The van der Waals surface area contributed by atoms with Crippen LogP contribution in [0.2, 0.25) is 0 Å². The molecule has 0 bridgehead atoms. The van der Waals surface area contributed by atoms with Gasteiger partial charge in [-0.15, -0.1) is 0 Å². The van der Waals surface area contributed by atoms with Gasteiger partial charge in [0, 0.05) is 11.3 Å². The number of benzene rings is 2. The minimum absolute atomic E-state index is 0.113. The predicted octanol–water partition coefficient (Wildman–Crippen LogP) is 3.97. The number of carbonyl (C=O) groups excluding carboxylic acids is 3. The van der Waals surface area contributed by atoms with Gasteiger partial charge >= 0.3 is 5.97 Å². The number of ether oxygens (including phenoxy) is 3. The Morgan fingerprint density at radius 2 is 1.70 bits per heavy atom. The van der Waals surface area contributed by atoms with Gasteiger partial charge in [-0.2, -0.15) is 0 Å². The minimum Gasteiger partial charge on any atom is -0.493 e. The van der Waals surface area contributed by atoms with E-state index >= 15 is 0 Å². The minimum atomic E-state index is -0.997. The van der Waals surface area contributed by atoms with Crippen LogP contribution in [0.5, 0.6) is 11.5 Å². The smallest absolute Gasteiger partial charge is 0.344 e. The monoisotopic (exact) mass is 413 g/mol. The van der Waals surface area contributed by atoms with E-state index in [1.54, 1.807) is 12.1 Å². The Morgan fingerprint density at radius 3 is 2.33 bits per heavy atom. The zero-order chi connectivity index (χ0) is 22.3. The van der Waals surface area contributed by atoms with E-state index in [9.17, 15) is 14.4 Å². The molecule has 30 heavy (non-hydrogen) atoms. The second-order valence-corrected chi connectivity index (χ2v) is 7.07. The number of hydrogen-bond donors (Lipinski definition) is 1. The molecule has 1 N–H and O–H groups in total. The van der Waals surface area contributed by atoms with Crippen molar-refractivity contribution in [3.8, 4) is 11.5 Å². The molecule has 0 aliphatic heterocycles. The lowest BCUT2D eigenvalue weighted by molar-refractivity contribution is -0.155. The molecule has 1 atom stereocenters. The van der Waals surface area contributed by atoms with E-state index in [-0.39, 0.29) is 11.7 Å². The van der Waals surface area contributed by atoms with Gasteiger partial charge in [0.25, 0.3) is 5.91 Å². The van der Waals surface area contributed by atoms with Crippen LogP contribution in [0, 0.1) is 0 Å². The number of ketones is 1. The van der Waals surface area contributed by atoms with E-state index in [1.165, 1.54) is 27.0 Å². The summed E-state index contributed by atoms with van der Waals surface area (Å²) in [6, 6.07) is 12.1. The van der Waals surface area contributed by atoms with Crippen LogP contribution in [-0.4, -0.2) is 37.5 Å². The molecule has 0 heterocycles. The van der Waals surface area contributed by atoms with Gasteiger partial charge in [0.2, 0.25) is 0 Å². The third-order valence-electron chi connectivity index (χ3n) is 4.43. The van der Waals surface area contributed by atoms with Crippen LogP contribution in [0.1, 0.15) is 49.5 Å². The summed E-state index contributed by atoms with van der Waals surface area (Å²) in [5.41, 5.74) is 2.15. The summed E-state index contributed by atoms with van der Waals surface area (Å²) in [6.07, 6.45) is -0.997. The summed E-state index contributed by atoms with van der Waals surface area (Å²) in [7, 11) is 1.44. The van der Waals surface area contributed by atoms with Crippen molar-refractivity contribution in [2.75, 3.05) is 19.0 Å². The van der Waals surface area contributed by atoms with Crippen molar-refractivity contribution in [2.24, 2.45) is 0 Å². The van der Waals surface area contributed by atoms with Crippen molar-refractivity contribution >= 4 is 23.3 Å². The molecule has 0 saturated heterocycles. The maximum Gasteiger partial charge on any atom is 0.344 e. The Kier molecular flexibility index (Phi) is 7.98. The molecule has 0 unspecified atom stereocenters. The quantitative estimate of drug-likeness (QED) is 0.494. The number of carbonyl (C=O) groups is 3. The first-order valence-corrected chi connectivity index (χ1v) is 9.64. The molecule has 0 saturated carbocycles. The first kappa shape index (κ1) is 22.9. The lowest BCUT2D eigenvalue weighted by Gasteiger charge is -2.17. The highest BCUT2D eigenvalue weighted by Crippen LogP contribution is 2.28. The van der Waals surface area contributed by atoms with Crippen molar-refractivity contribution in [2.45, 2.75) is 39.7 Å². The SMILES string of the molecule is COc1cc(C(C)=O)ccc1OCC(=O)O[C@H](C)C(=O)Nc1ccccc1C(C)C. The van der Waals surface area contributed by atoms with Crippen molar-refractivity contribution < 1.29 is 28.6 Å². The average molecular weight is 413 g/mol. The lowest BCUT2D eigenvalue weighted by atomic mass is 10.0. The van der Waals surface area contributed by atoms with Crippen LogP contribution in [0.4, 0.5) is 5.69 Å². The van der Waals surface area contributed by atoms with E-state index in [2.05, 4.69) is 5.32 Å². The third kappa shape index (κ3) is 6.07. The molecule has 0 aliphatic carbocycles. The molecular weight excluding hydrogens is 386 g/mol. The Morgan fingerprint density at radius 1 is 1.00 bits per heavy atom. The Bertz CT molecular complexity index is 922. The van der Waals surface area contributed by atoms with E-state index in [0.717, 1.165) is 5.56 Å². The van der Waals surface area contributed by atoms with E-state index in [4.69, 9.17) is 14.2 Å².